The Morgan fingerprint density at radius 1 is 1.32 bits per heavy atom. The van der Waals surface area contributed by atoms with E-state index in [2.05, 4.69) is 4.98 Å². The van der Waals surface area contributed by atoms with Gasteiger partial charge in [-0.2, -0.15) is 0 Å². The first-order chi connectivity index (χ1) is 10.7. The lowest BCUT2D eigenvalue weighted by atomic mass is 10.1. The molecular weight excluding hydrogens is 296 g/mol. The Labute approximate surface area is 132 Å². The fraction of sp³-hybridized carbons (Fsp3) is 0.353. The van der Waals surface area contributed by atoms with Gasteiger partial charge in [0.05, 0.1) is 29.0 Å². The molecule has 0 amide bonds. The van der Waals surface area contributed by atoms with Gasteiger partial charge < -0.3 is 10.2 Å². The summed E-state index contributed by atoms with van der Waals surface area (Å²) in [6.07, 6.45) is 3.74. The summed E-state index contributed by atoms with van der Waals surface area (Å²) >= 11 is 1.51. The summed E-state index contributed by atoms with van der Waals surface area (Å²) in [6, 6.07) is 8.15. The second-order valence-electron chi connectivity index (χ2n) is 6.00. The molecule has 0 bridgehead atoms. The van der Waals surface area contributed by atoms with Crippen molar-refractivity contribution in [2.45, 2.75) is 32.5 Å². The number of aromatic nitrogens is 2. The maximum atomic E-state index is 10.3. The Morgan fingerprint density at radius 3 is 2.68 bits per heavy atom. The van der Waals surface area contributed by atoms with E-state index in [1.54, 1.807) is 0 Å². The number of aliphatic hydroxyl groups is 2. The molecule has 1 aliphatic rings. The van der Waals surface area contributed by atoms with Crippen LogP contribution in [0.15, 0.2) is 30.5 Å². The van der Waals surface area contributed by atoms with E-state index in [1.807, 2.05) is 41.8 Å². The molecule has 5 heteroatoms. The highest BCUT2D eigenvalue weighted by Gasteiger charge is 2.32. The van der Waals surface area contributed by atoms with Gasteiger partial charge in [-0.15, -0.1) is 0 Å². The number of benzene rings is 1. The van der Waals surface area contributed by atoms with Gasteiger partial charge in [0.1, 0.15) is 0 Å². The summed E-state index contributed by atoms with van der Waals surface area (Å²) in [5, 5.41) is 20.0. The Morgan fingerprint density at radius 2 is 2.05 bits per heavy atom. The zero-order valence-electron chi connectivity index (χ0n) is 12.4. The molecule has 1 unspecified atom stereocenters. The van der Waals surface area contributed by atoms with Crippen molar-refractivity contribution in [3.05, 3.63) is 46.6 Å². The molecule has 1 aromatic carbocycles. The number of hydrogen-bond donors (Lipinski definition) is 2. The van der Waals surface area contributed by atoms with Crippen LogP contribution >= 0.6 is 11.3 Å². The molecule has 1 saturated carbocycles. The number of aryl methyl sites for hydroxylation is 1. The first-order valence-corrected chi connectivity index (χ1v) is 8.35. The first-order valence-electron chi connectivity index (χ1n) is 7.54. The van der Waals surface area contributed by atoms with Gasteiger partial charge in [0, 0.05) is 11.8 Å². The predicted molar refractivity (Wildman–Crippen MR) is 86.8 cm³/mol. The van der Waals surface area contributed by atoms with E-state index in [1.165, 1.54) is 16.9 Å². The van der Waals surface area contributed by atoms with Crippen LogP contribution in [0.25, 0.3) is 16.2 Å². The van der Waals surface area contributed by atoms with Crippen molar-refractivity contribution in [2.24, 2.45) is 5.92 Å². The predicted octanol–water partition coefficient (Wildman–Crippen LogP) is 3.31. The van der Waals surface area contributed by atoms with Crippen molar-refractivity contribution in [1.82, 2.24) is 9.38 Å². The van der Waals surface area contributed by atoms with Crippen LogP contribution in [0, 0.1) is 12.8 Å². The summed E-state index contributed by atoms with van der Waals surface area (Å²) < 4.78 is 1.92. The second kappa shape index (κ2) is 5.19. The third-order valence-corrected chi connectivity index (χ3v) is 5.33. The lowest BCUT2D eigenvalue weighted by Gasteiger charge is -2.05. The van der Waals surface area contributed by atoms with E-state index in [9.17, 15) is 10.2 Å². The number of rotatable bonds is 4. The quantitative estimate of drug-likeness (QED) is 0.777. The Balaban J connectivity index is 1.79. The van der Waals surface area contributed by atoms with Crippen molar-refractivity contribution in [1.29, 1.82) is 0 Å². The summed E-state index contributed by atoms with van der Waals surface area (Å²) in [7, 11) is 0. The average molecular weight is 314 g/mol. The van der Waals surface area contributed by atoms with Crippen molar-refractivity contribution in [3.63, 3.8) is 0 Å². The van der Waals surface area contributed by atoms with Crippen LogP contribution in [0.3, 0.4) is 0 Å². The highest BCUT2D eigenvalue weighted by atomic mass is 32.1. The van der Waals surface area contributed by atoms with Crippen molar-refractivity contribution >= 4 is 16.3 Å². The molecule has 0 saturated heterocycles. The third kappa shape index (κ3) is 2.26. The summed E-state index contributed by atoms with van der Waals surface area (Å²) in [5.41, 5.74) is 3.81. The molecule has 0 spiro atoms. The molecule has 2 N–H and O–H groups in total. The molecule has 0 radical (unpaired) electrons. The molecule has 4 nitrogen and oxygen atoms in total. The van der Waals surface area contributed by atoms with Crippen LogP contribution in [0.2, 0.25) is 0 Å². The molecule has 1 aliphatic carbocycles. The second-order valence-corrected chi connectivity index (χ2v) is 7.04. The zero-order valence-corrected chi connectivity index (χ0v) is 13.2. The van der Waals surface area contributed by atoms with Gasteiger partial charge in [0.2, 0.25) is 0 Å². The standard InChI is InChI=1S/C17H18N2O2S/c1-10-2-4-11(5-3-10)15-13(9-20)19-8-14(22-17(19)18-15)16(21)12-6-7-12/h2-5,8,12,16,20-21H,6-7,9H2,1H3. The van der Waals surface area contributed by atoms with Gasteiger partial charge in [-0.05, 0) is 25.7 Å². The maximum Gasteiger partial charge on any atom is 0.194 e. The van der Waals surface area contributed by atoms with Crippen LogP contribution in [0.4, 0.5) is 0 Å². The molecule has 2 heterocycles. The van der Waals surface area contributed by atoms with Crippen molar-refractivity contribution in [2.75, 3.05) is 0 Å². The molecule has 1 fully saturated rings. The smallest absolute Gasteiger partial charge is 0.194 e. The number of hydrogen-bond acceptors (Lipinski definition) is 4. The topological polar surface area (TPSA) is 57.8 Å². The zero-order chi connectivity index (χ0) is 15.3. The van der Waals surface area contributed by atoms with E-state index in [4.69, 9.17) is 0 Å². The summed E-state index contributed by atoms with van der Waals surface area (Å²) in [5.74, 6) is 0.400. The lowest BCUT2D eigenvalue weighted by molar-refractivity contribution is 0.157. The van der Waals surface area contributed by atoms with Crippen LogP contribution < -0.4 is 0 Å². The maximum absolute atomic E-state index is 10.3. The lowest BCUT2D eigenvalue weighted by Crippen LogP contribution is -1.97. The van der Waals surface area contributed by atoms with Crippen molar-refractivity contribution < 1.29 is 10.2 Å². The Hall–Kier alpha value is -1.69. The normalized spacial score (nSPS) is 16.3. The van der Waals surface area contributed by atoms with Crippen LogP contribution in [0.5, 0.6) is 0 Å². The van der Waals surface area contributed by atoms with Crippen LogP contribution in [-0.2, 0) is 6.61 Å². The van der Waals surface area contributed by atoms with E-state index in [-0.39, 0.29) is 12.7 Å². The van der Waals surface area contributed by atoms with E-state index < -0.39 is 0 Å². The average Bonchev–Trinajstić information content (AvgIpc) is 3.20. The third-order valence-electron chi connectivity index (χ3n) is 4.28. The number of nitrogens with zero attached hydrogens (tertiary/aromatic N) is 2. The molecular formula is C17H18N2O2S. The Kier molecular flexibility index (Phi) is 3.29. The molecule has 22 heavy (non-hydrogen) atoms. The molecule has 2 aromatic heterocycles. The molecule has 114 valence electrons. The summed E-state index contributed by atoms with van der Waals surface area (Å²) in [6.45, 7) is 1.98. The van der Waals surface area contributed by atoms with Crippen LogP contribution in [-0.4, -0.2) is 19.6 Å². The van der Waals surface area contributed by atoms with Gasteiger partial charge in [0.15, 0.2) is 4.96 Å². The fourth-order valence-electron chi connectivity index (χ4n) is 2.78. The number of thiazole rings is 1. The SMILES string of the molecule is Cc1ccc(-c2nc3sc(C(O)C4CC4)cn3c2CO)cc1. The van der Waals surface area contributed by atoms with Crippen LogP contribution in [0.1, 0.15) is 35.1 Å². The van der Waals surface area contributed by atoms with Gasteiger partial charge in [-0.3, -0.25) is 4.40 Å². The highest BCUT2D eigenvalue weighted by Crippen LogP contribution is 2.43. The molecule has 3 aromatic rings. The highest BCUT2D eigenvalue weighted by molar-refractivity contribution is 7.17. The molecule has 1 atom stereocenters. The minimum atomic E-state index is -0.388. The van der Waals surface area contributed by atoms with E-state index >= 15 is 0 Å². The monoisotopic (exact) mass is 314 g/mol. The van der Waals surface area contributed by atoms with E-state index in [0.29, 0.717) is 5.92 Å². The molecule has 4 rings (SSSR count). The van der Waals surface area contributed by atoms with Gasteiger partial charge in [0.25, 0.3) is 0 Å². The number of aliphatic hydroxyl groups excluding tert-OH is 2. The largest absolute Gasteiger partial charge is 0.390 e. The Bertz CT molecular complexity index is 815. The number of fused-ring (bicyclic) bond motifs is 1. The number of imidazole rings is 1. The minimum absolute atomic E-state index is 0.0694. The van der Waals surface area contributed by atoms with Gasteiger partial charge >= 0.3 is 0 Å². The van der Waals surface area contributed by atoms with E-state index in [0.717, 1.165) is 39.6 Å². The van der Waals surface area contributed by atoms with Gasteiger partial charge in [-0.25, -0.2) is 4.98 Å². The minimum Gasteiger partial charge on any atom is -0.390 e. The van der Waals surface area contributed by atoms with Gasteiger partial charge in [-0.1, -0.05) is 41.2 Å². The first kappa shape index (κ1) is 13.9. The fourth-order valence-corrected chi connectivity index (χ4v) is 3.86. The summed E-state index contributed by atoms with van der Waals surface area (Å²) in [4.78, 5) is 6.44. The van der Waals surface area contributed by atoms with Crippen molar-refractivity contribution in [3.8, 4) is 11.3 Å². The molecule has 0 aliphatic heterocycles.